The van der Waals surface area contributed by atoms with Crippen LogP contribution in [-0.4, -0.2) is 13.1 Å². The fourth-order valence-electron chi connectivity index (χ4n) is 2.05. The highest BCUT2D eigenvalue weighted by Gasteiger charge is 2.10. The monoisotopic (exact) mass is 307 g/mol. The Labute approximate surface area is 117 Å². The molecule has 0 aliphatic carbocycles. The minimum atomic E-state index is 0.466. The molecule has 1 atom stereocenters. The van der Waals surface area contributed by atoms with Crippen LogP contribution in [0.15, 0.2) is 51.6 Å². The third kappa shape index (κ3) is 3.72. The van der Waals surface area contributed by atoms with Crippen molar-refractivity contribution in [3.63, 3.8) is 0 Å². The van der Waals surface area contributed by atoms with Gasteiger partial charge in [-0.1, -0.05) is 34.1 Å². The minimum absolute atomic E-state index is 0.466. The van der Waals surface area contributed by atoms with E-state index in [4.69, 9.17) is 4.42 Å². The van der Waals surface area contributed by atoms with Gasteiger partial charge in [0.05, 0.1) is 6.26 Å². The molecule has 0 spiro atoms. The lowest BCUT2D eigenvalue weighted by atomic mass is 10.0. The van der Waals surface area contributed by atoms with E-state index in [0.29, 0.717) is 6.04 Å². The van der Waals surface area contributed by atoms with Gasteiger partial charge in [0.25, 0.3) is 0 Å². The summed E-state index contributed by atoms with van der Waals surface area (Å²) < 4.78 is 6.55. The Kier molecular flexibility index (Phi) is 5.02. The van der Waals surface area contributed by atoms with Gasteiger partial charge >= 0.3 is 0 Å². The van der Waals surface area contributed by atoms with Crippen LogP contribution in [0.3, 0.4) is 0 Å². The summed E-state index contributed by atoms with van der Waals surface area (Å²) in [4.78, 5) is 0. The summed E-state index contributed by atoms with van der Waals surface area (Å²) >= 11 is 3.60. The van der Waals surface area contributed by atoms with Crippen molar-refractivity contribution >= 4 is 15.9 Å². The van der Waals surface area contributed by atoms with Gasteiger partial charge in [-0.3, -0.25) is 0 Å². The van der Waals surface area contributed by atoms with Crippen LogP contribution in [0.25, 0.3) is 0 Å². The molecule has 18 heavy (non-hydrogen) atoms. The normalized spacial score (nSPS) is 12.6. The van der Waals surface area contributed by atoms with Crippen molar-refractivity contribution in [1.82, 2.24) is 5.32 Å². The van der Waals surface area contributed by atoms with Crippen molar-refractivity contribution < 1.29 is 4.42 Å². The smallest absolute Gasteiger partial charge is 0.103 e. The van der Waals surface area contributed by atoms with Crippen molar-refractivity contribution in [2.24, 2.45) is 0 Å². The fourth-order valence-corrected chi connectivity index (χ4v) is 2.50. The maximum absolute atomic E-state index is 5.37. The number of aryl methyl sites for hydroxylation is 1. The van der Waals surface area contributed by atoms with Crippen LogP contribution >= 0.6 is 15.9 Å². The van der Waals surface area contributed by atoms with Gasteiger partial charge in [0.1, 0.15) is 5.76 Å². The van der Waals surface area contributed by atoms with Crippen LogP contribution in [0, 0.1) is 0 Å². The topological polar surface area (TPSA) is 25.2 Å². The second-order valence-electron chi connectivity index (χ2n) is 4.40. The molecule has 0 aliphatic rings. The first-order valence-electron chi connectivity index (χ1n) is 6.22. The van der Waals surface area contributed by atoms with Crippen molar-refractivity contribution in [1.29, 1.82) is 0 Å². The molecule has 0 saturated carbocycles. The van der Waals surface area contributed by atoms with Crippen molar-refractivity contribution in [3.8, 4) is 0 Å². The summed E-state index contributed by atoms with van der Waals surface area (Å²) in [6.07, 6.45) is 4.81. The highest BCUT2D eigenvalue weighted by Crippen LogP contribution is 2.19. The van der Waals surface area contributed by atoms with E-state index in [9.17, 15) is 0 Å². The summed E-state index contributed by atoms with van der Waals surface area (Å²) in [5.74, 6) is 1.06. The number of hydrogen-bond donors (Lipinski definition) is 1. The molecular weight excluding hydrogens is 290 g/mol. The molecule has 0 amide bonds. The van der Waals surface area contributed by atoms with E-state index in [-0.39, 0.29) is 0 Å². The van der Waals surface area contributed by atoms with Gasteiger partial charge < -0.3 is 9.73 Å². The molecule has 2 nitrogen and oxygen atoms in total. The SMILES string of the molecule is CNC(CCc1ccco1)Cc1ccccc1Br. The molecule has 0 aliphatic heterocycles. The van der Waals surface area contributed by atoms with Gasteiger partial charge in [0.2, 0.25) is 0 Å². The zero-order valence-electron chi connectivity index (χ0n) is 10.5. The molecule has 0 fully saturated rings. The summed E-state index contributed by atoms with van der Waals surface area (Å²) in [6, 6.07) is 12.8. The number of hydrogen-bond acceptors (Lipinski definition) is 2. The van der Waals surface area contributed by atoms with Gasteiger partial charge in [0, 0.05) is 16.9 Å². The van der Waals surface area contributed by atoms with E-state index in [0.717, 1.165) is 25.0 Å². The first kappa shape index (κ1) is 13.4. The van der Waals surface area contributed by atoms with E-state index in [2.05, 4.69) is 39.4 Å². The second kappa shape index (κ2) is 6.76. The fraction of sp³-hybridized carbons (Fsp3) is 0.333. The maximum atomic E-state index is 5.37. The van der Waals surface area contributed by atoms with Crippen molar-refractivity contribution in [2.45, 2.75) is 25.3 Å². The van der Waals surface area contributed by atoms with E-state index in [1.807, 2.05) is 25.2 Å². The molecule has 1 unspecified atom stereocenters. The molecule has 1 heterocycles. The number of benzene rings is 1. The molecular formula is C15H18BrNO. The zero-order chi connectivity index (χ0) is 12.8. The molecule has 3 heteroatoms. The summed E-state index contributed by atoms with van der Waals surface area (Å²) in [5.41, 5.74) is 1.34. The highest BCUT2D eigenvalue weighted by atomic mass is 79.9. The lowest BCUT2D eigenvalue weighted by molar-refractivity contribution is 0.460. The number of furan rings is 1. The van der Waals surface area contributed by atoms with Gasteiger partial charge in [-0.25, -0.2) is 0 Å². The van der Waals surface area contributed by atoms with Crippen LogP contribution in [-0.2, 0) is 12.8 Å². The first-order valence-corrected chi connectivity index (χ1v) is 7.02. The second-order valence-corrected chi connectivity index (χ2v) is 5.25. The standard InChI is InChI=1S/C15H18BrNO/c1-17-13(8-9-14-6-4-10-18-14)11-12-5-2-3-7-15(12)16/h2-7,10,13,17H,8-9,11H2,1H3. The number of halogens is 1. The average molecular weight is 308 g/mol. The Morgan fingerprint density at radius 2 is 2.06 bits per heavy atom. The molecule has 2 aromatic rings. The largest absolute Gasteiger partial charge is 0.469 e. The van der Waals surface area contributed by atoms with Crippen LogP contribution in [0.1, 0.15) is 17.7 Å². The van der Waals surface area contributed by atoms with Gasteiger partial charge in [-0.2, -0.15) is 0 Å². The van der Waals surface area contributed by atoms with E-state index >= 15 is 0 Å². The highest BCUT2D eigenvalue weighted by molar-refractivity contribution is 9.10. The Morgan fingerprint density at radius 3 is 2.72 bits per heavy atom. The number of rotatable bonds is 6. The number of nitrogens with one attached hydrogen (secondary N) is 1. The molecule has 0 saturated heterocycles. The summed E-state index contributed by atoms with van der Waals surface area (Å²) in [5, 5.41) is 3.38. The van der Waals surface area contributed by atoms with Crippen LogP contribution < -0.4 is 5.32 Å². The molecule has 1 aromatic heterocycles. The molecule has 1 aromatic carbocycles. The summed E-state index contributed by atoms with van der Waals surface area (Å²) in [6.45, 7) is 0. The maximum Gasteiger partial charge on any atom is 0.103 e. The third-order valence-corrected chi connectivity index (χ3v) is 3.93. The Bertz CT molecular complexity index is 467. The minimum Gasteiger partial charge on any atom is -0.469 e. The molecule has 0 radical (unpaired) electrons. The quantitative estimate of drug-likeness (QED) is 0.878. The average Bonchev–Trinajstić information content (AvgIpc) is 2.90. The lowest BCUT2D eigenvalue weighted by Gasteiger charge is -2.16. The Balaban J connectivity index is 1.91. The van der Waals surface area contributed by atoms with E-state index in [1.165, 1.54) is 10.0 Å². The van der Waals surface area contributed by atoms with Crippen LogP contribution in [0.5, 0.6) is 0 Å². The van der Waals surface area contributed by atoms with Gasteiger partial charge in [-0.15, -0.1) is 0 Å². The number of likely N-dealkylation sites (N-methyl/N-ethyl adjacent to an activating group) is 1. The Morgan fingerprint density at radius 1 is 1.22 bits per heavy atom. The third-order valence-electron chi connectivity index (χ3n) is 3.15. The lowest BCUT2D eigenvalue weighted by Crippen LogP contribution is -2.28. The predicted molar refractivity (Wildman–Crippen MR) is 77.7 cm³/mol. The van der Waals surface area contributed by atoms with Crippen molar-refractivity contribution in [3.05, 3.63) is 58.5 Å². The van der Waals surface area contributed by atoms with Crippen molar-refractivity contribution in [2.75, 3.05) is 7.05 Å². The van der Waals surface area contributed by atoms with E-state index < -0.39 is 0 Å². The molecule has 0 bridgehead atoms. The van der Waals surface area contributed by atoms with Gasteiger partial charge in [-0.05, 0) is 43.7 Å². The van der Waals surface area contributed by atoms with Gasteiger partial charge in [0.15, 0.2) is 0 Å². The zero-order valence-corrected chi connectivity index (χ0v) is 12.1. The molecule has 2 rings (SSSR count). The Hall–Kier alpha value is -1.06. The first-order chi connectivity index (χ1) is 8.79. The summed E-state index contributed by atoms with van der Waals surface area (Å²) in [7, 11) is 2.02. The predicted octanol–water partition coefficient (Wildman–Crippen LogP) is 3.81. The van der Waals surface area contributed by atoms with E-state index in [1.54, 1.807) is 6.26 Å². The van der Waals surface area contributed by atoms with Crippen LogP contribution in [0.2, 0.25) is 0 Å². The van der Waals surface area contributed by atoms with Crippen LogP contribution in [0.4, 0.5) is 0 Å². The molecule has 1 N–H and O–H groups in total. The molecule has 96 valence electrons.